The summed E-state index contributed by atoms with van der Waals surface area (Å²) >= 11 is 0. The number of hydrogen-bond donors (Lipinski definition) is 0. The van der Waals surface area contributed by atoms with E-state index in [-0.39, 0.29) is 5.78 Å². The van der Waals surface area contributed by atoms with Gasteiger partial charge in [-0.2, -0.15) is 0 Å². The summed E-state index contributed by atoms with van der Waals surface area (Å²) < 4.78 is 23.8. The Kier molecular flexibility index (Phi) is 4.97. The van der Waals surface area contributed by atoms with E-state index in [9.17, 15) is 9.36 Å². The maximum absolute atomic E-state index is 13.3. The molecule has 0 radical (unpaired) electrons. The molecule has 0 aromatic heterocycles. The van der Waals surface area contributed by atoms with Crippen molar-refractivity contribution in [2.24, 2.45) is 0 Å². The lowest BCUT2D eigenvalue weighted by atomic mass is 9.87. The highest BCUT2D eigenvalue weighted by Crippen LogP contribution is 2.67. The van der Waals surface area contributed by atoms with Crippen LogP contribution < -0.4 is 0 Å². The normalized spacial score (nSPS) is 12.1. The van der Waals surface area contributed by atoms with Crippen LogP contribution in [0.1, 0.15) is 18.1 Å². The molecule has 116 valence electrons. The third kappa shape index (κ3) is 2.44. The van der Waals surface area contributed by atoms with Crippen LogP contribution in [-0.2, 0) is 23.6 Å². The zero-order valence-corrected chi connectivity index (χ0v) is 13.7. The quantitative estimate of drug-likeness (QED) is 0.755. The largest absolute Gasteiger partial charge is 0.352 e. The number of carbonyl (C=O) groups excluding carboxylic acids is 1. The summed E-state index contributed by atoms with van der Waals surface area (Å²) in [4.78, 5) is 12.7. The van der Waals surface area contributed by atoms with Crippen LogP contribution in [0.4, 0.5) is 0 Å². The van der Waals surface area contributed by atoms with Crippen LogP contribution in [-0.4, -0.2) is 20.0 Å². The molecule has 0 fully saturated rings. The Bertz CT molecular complexity index is 635. The van der Waals surface area contributed by atoms with Crippen molar-refractivity contribution in [3.8, 4) is 0 Å². The Balaban J connectivity index is 2.89. The van der Waals surface area contributed by atoms with Gasteiger partial charge < -0.3 is 9.05 Å². The van der Waals surface area contributed by atoms with Crippen molar-refractivity contribution >= 4 is 13.4 Å². The lowest BCUT2D eigenvalue weighted by Crippen LogP contribution is -2.36. The highest BCUT2D eigenvalue weighted by molar-refractivity contribution is 7.56. The fourth-order valence-corrected chi connectivity index (χ4v) is 4.80. The SMILES string of the molecule is COP(=O)(OC)C(C(C)=O)(c1ccccc1)c1ccccc1. The second kappa shape index (κ2) is 6.57. The third-order valence-electron chi connectivity index (χ3n) is 3.78. The van der Waals surface area contributed by atoms with Crippen molar-refractivity contribution in [1.29, 1.82) is 0 Å². The lowest BCUT2D eigenvalue weighted by molar-refractivity contribution is -0.119. The molecule has 2 aromatic carbocycles. The minimum absolute atomic E-state index is 0.295. The zero-order valence-electron chi connectivity index (χ0n) is 12.9. The standard InChI is InChI=1S/C17H19O4P/c1-14(18)17(22(19,20-2)21-3,15-10-6-4-7-11-15)16-12-8-5-9-13-16/h4-13H,1-3H3. The number of Topliss-reactive ketones (excluding diaryl/α,β-unsaturated/α-hetero) is 1. The molecule has 0 aliphatic rings. The average molecular weight is 318 g/mol. The fourth-order valence-electron chi connectivity index (χ4n) is 2.79. The maximum Gasteiger partial charge on any atom is 0.352 e. The van der Waals surface area contributed by atoms with Gasteiger partial charge in [0, 0.05) is 14.2 Å². The molecule has 0 heterocycles. The van der Waals surface area contributed by atoms with Crippen molar-refractivity contribution < 1.29 is 18.4 Å². The Labute approximate surface area is 130 Å². The van der Waals surface area contributed by atoms with Gasteiger partial charge in [-0.05, 0) is 18.1 Å². The molecular formula is C17H19O4P. The van der Waals surface area contributed by atoms with Gasteiger partial charge in [0.1, 0.15) is 0 Å². The first-order valence-corrected chi connectivity index (χ1v) is 8.41. The van der Waals surface area contributed by atoms with Crippen molar-refractivity contribution in [2.75, 3.05) is 14.2 Å². The molecule has 2 rings (SSSR count). The summed E-state index contributed by atoms with van der Waals surface area (Å²) in [6.07, 6.45) is 0. The molecule has 5 heteroatoms. The van der Waals surface area contributed by atoms with E-state index in [1.54, 1.807) is 48.5 Å². The summed E-state index contributed by atoms with van der Waals surface area (Å²) in [6, 6.07) is 17.9. The molecule has 0 aliphatic carbocycles. The number of ketones is 1. The minimum atomic E-state index is -3.77. The van der Waals surface area contributed by atoms with Crippen LogP contribution >= 0.6 is 7.60 Å². The molecule has 22 heavy (non-hydrogen) atoms. The first-order chi connectivity index (χ1) is 10.5. The Morgan fingerprint density at radius 3 is 1.50 bits per heavy atom. The molecule has 2 aromatic rings. The number of hydrogen-bond acceptors (Lipinski definition) is 4. The van der Waals surface area contributed by atoms with Crippen LogP contribution in [0.15, 0.2) is 60.7 Å². The lowest BCUT2D eigenvalue weighted by Gasteiger charge is -2.36. The van der Waals surface area contributed by atoms with E-state index in [4.69, 9.17) is 9.05 Å². The molecule has 0 saturated heterocycles. The third-order valence-corrected chi connectivity index (χ3v) is 6.40. The number of benzene rings is 2. The second-order valence-electron chi connectivity index (χ2n) is 4.86. The van der Waals surface area contributed by atoms with Gasteiger partial charge in [0.05, 0.1) is 0 Å². The van der Waals surface area contributed by atoms with E-state index in [0.717, 1.165) is 0 Å². The summed E-state index contributed by atoms with van der Waals surface area (Å²) in [7, 11) is -1.17. The second-order valence-corrected chi connectivity index (χ2v) is 7.26. The highest BCUT2D eigenvalue weighted by Gasteiger charge is 2.56. The van der Waals surface area contributed by atoms with E-state index >= 15 is 0 Å². The number of carbonyl (C=O) groups is 1. The molecular weight excluding hydrogens is 299 g/mol. The van der Waals surface area contributed by atoms with Gasteiger partial charge in [0.15, 0.2) is 10.9 Å². The van der Waals surface area contributed by atoms with Gasteiger partial charge in [0.2, 0.25) is 0 Å². The molecule has 0 atom stereocenters. The van der Waals surface area contributed by atoms with Crippen LogP contribution in [0, 0.1) is 0 Å². The summed E-state index contributed by atoms with van der Waals surface area (Å²) in [6.45, 7) is 1.41. The Hall–Kier alpha value is -1.74. The van der Waals surface area contributed by atoms with Gasteiger partial charge in [-0.15, -0.1) is 0 Å². The predicted octanol–water partition coefficient (Wildman–Crippen LogP) is 4.01. The fraction of sp³-hybridized carbons (Fsp3) is 0.235. The molecule has 0 bridgehead atoms. The van der Waals surface area contributed by atoms with Crippen molar-refractivity contribution in [3.05, 3.63) is 71.8 Å². The Morgan fingerprint density at radius 1 is 0.864 bits per heavy atom. The predicted molar refractivity (Wildman–Crippen MR) is 86.0 cm³/mol. The number of rotatable bonds is 6. The highest BCUT2D eigenvalue weighted by atomic mass is 31.2. The monoisotopic (exact) mass is 318 g/mol. The molecule has 0 aliphatic heterocycles. The zero-order chi connectivity index (χ0) is 16.2. The summed E-state index contributed by atoms with van der Waals surface area (Å²) in [5.41, 5.74) is 1.17. The molecule has 0 unspecified atom stereocenters. The van der Waals surface area contributed by atoms with Crippen LogP contribution in [0.2, 0.25) is 0 Å². The van der Waals surface area contributed by atoms with Crippen LogP contribution in [0.25, 0.3) is 0 Å². The smallest absolute Gasteiger partial charge is 0.311 e. The molecule has 0 N–H and O–H groups in total. The van der Waals surface area contributed by atoms with E-state index < -0.39 is 12.8 Å². The van der Waals surface area contributed by atoms with Gasteiger partial charge >= 0.3 is 7.60 Å². The maximum atomic E-state index is 13.3. The molecule has 4 nitrogen and oxygen atoms in total. The Morgan fingerprint density at radius 2 is 1.23 bits per heavy atom. The molecule has 0 amide bonds. The molecule has 0 saturated carbocycles. The first-order valence-electron chi connectivity index (χ1n) is 6.86. The summed E-state index contributed by atoms with van der Waals surface area (Å²) in [5.74, 6) is -0.295. The van der Waals surface area contributed by atoms with Crippen LogP contribution in [0.5, 0.6) is 0 Å². The van der Waals surface area contributed by atoms with E-state index in [0.29, 0.717) is 11.1 Å². The van der Waals surface area contributed by atoms with E-state index in [1.807, 2.05) is 12.1 Å². The van der Waals surface area contributed by atoms with E-state index in [2.05, 4.69) is 0 Å². The topological polar surface area (TPSA) is 52.6 Å². The first kappa shape index (κ1) is 16.6. The van der Waals surface area contributed by atoms with Crippen molar-refractivity contribution in [3.63, 3.8) is 0 Å². The van der Waals surface area contributed by atoms with Crippen LogP contribution in [0.3, 0.4) is 0 Å². The van der Waals surface area contributed by atoms with Gasteiger partial charge in [-0.25, -0.2) is 0 Å². The van der Waals surface area contributed by atoms with Gasteiger partial charge in [-0.3, -0.25) is 9.36 Å². The van der Waals surface area contributed by atoms with E-state index in [1.165, 1.54) is 21.1 Å². The average Bonchev–Trinajstić information content (AvgIpc) is 2.57. The van der Waals surface area contributed by atoms with Crippen molar-refractivity contribution in [1.82, 2.24) is 0 Å². The molecule has 0 spiro atoms. The summed E-state index contributed by atoms with van der Waals surface area (Å²) in [5, 5.41) is -1.49. The van der Waals surface area contributed by atoms with Gasteiger partial charge in [0.25, 0.3) is 0 Å². The minimum Gasteiger partial charge on any atom is -0.311 e. The van der Waals surface area contributed by atoms with Gasteiger partial charge in [-0.1, -0.05) is 60.7 Å². The van der Waals surface area contributed by atoms with Crippen molar-refractivity contribution in [2.45, 2.75) is 12.1 Å².